The zero-order chi connectivity index (χ0) is 17.7. The van der Waals surface area contributed by atoms with Crippen LogP contribution in [0.3, 0.4) is 0 Å². The standard InChI is InChI=1S/C17H15Cl3N2O2/c1-21-17(24)12-9-11(6-7-13(12)18)22-15(23)8-5-10-3-2-4-14(19)16(10)20/h2-4,6-7,9H,5,8H2,1H3,(H,21,24)(H,22,23). The number of anilines is 1. The molecule has 2 aromatic rings. The van der Waals surface area contributed by atoms with Crippen LogP contribution in [0, 0.1) is 0 Å². The summed E-state index contributed by atoms with van der Waals surface area (Å²) >= 11 is 18.0. The highest BCUT2D eigenvalue weighted by molar-refractivity contribution is 6.42. The summed E-state index contributed by atoms with van der Waals surface area (Å²) in [6.45, 7) is 0. The zero-order valence-corrected chi connectivity index (χ0v) is 15.1. The molecule has 0 bridgehead atoms. The van der Waals surface area contributed by atoms with Crippen molar-refractivity contribution in [2.45, 2.75) is 12.8 Å². The van der Waals surface area contributed by atoms with E-state index in [0.717, 1.165) is 5.56 Å². The Labute approximate surface area is 155 Å². The lowest BCUT2D eigenvalue weighted by Gasteiger charge is -2.09. The summed E-state index contributed by atoms with van der Waals surface area (Å²) in [5.74, 6) is -0.516. The number of nitrogens with one attached hydrogen (secondary N) is 2. The average molecular weight is 386 g/mol. The molecular formula is C17H15Cl3N2O2. The number of halogens is 3. The Morgan fingerprint density at radius 3 is 2.50 bits per heavy atom. The van der Waals surface area contributed by atoms with Crippen LogP contribution >= 0.6 is 34.8 Å². The molecule has 0 aromatic heterocycles. The predicted molar refractivity (Wildman–Crippen MR) is 98.3 cm³/mol. The molecule has 0 saturated carbocycles. The molecule has 0 spiro atoms. The lowest BCUT2D eigenvalue weighted by atomic mass is 10.1. The number of carbonyl (C=O) groups is 2. The van der Waals surface area contributed by atoms with Crippen molar-refractivity contribution < 1.29 is 9.59 Å². The van der Waals surface area contributed by atoms with Gasteiger partial charge in [-0.3, -0.25) is 9.59 Å². The minimum absolute atomic E-state index is 0.198. The molecule has 2 amide bonds. The van der Waals surface area contributed by atoms with Crippen LogP contribution in [0.5, 0.6) is 0 Å². The quantitative estimate of drug-likeness (QED) is 0.791. The minimum atomic E-state index is -0.318. The summed E-state index contributed by atoms with van der Waals surface area (Å²) < 4.78 is 0. The summed E-state index contributed by atoms with van der Waals surface area (Å²) in [6.07, 6.45) is 0.694. The average Bonchev–Trinajstić information content (AvgIpc) is 2.57. The van der Waals surface area contributed by atoms with Gasteiger partial charge in [0.05, 0.1) is 20.6 Å². The van der Waals surface area contributed by atoms with Crippen molar-refractivity contribution in [1.82, 2.24) is 5.32 Å². The molecule has 0 heterocycles. The van der Waals surface area contributed by atoms with Gasteiger partial charge in [0.15, 0.2) is 0 Å². The summed E-state index contributed by atoms with van der Waals surface area (Å²) in [6, 6.07) is 10.0. The molecule has 4 nitrogen and oxygen atoms in total. The molecule has 126 valence electrons. The SMILES string of the molecule is CNC(=O)c1cc(NC(=O)CCc2cccc(Cl)c2Cl)ccc1Cl. The molecule has 0 aliphatic rings. The highest BCUT2D eigenvalue weighted by Crippen LogP contribution is 2.26. The van der Waals surface area contributed by atoms with Crippen LogP contribution in [0.25, 0.3) is 0 Å². The summed E-state index contributed by atoms with van der Waals surface area (Å²) in [4.78, 5) is 23.8. The molecule has 0 fully saturated rings. The number of carbonyl (C=O) groups excluding carboxylic acids is 2. The maximum absolute atomic E-state index is 12.1. The molecule has 0 atom stereocenters. The largest absolute Gasteiger partial charge is 0.355 e. The van der Waals surface area contributed by atoms with Crippen molar-refractivity contribution in [1.29, 1.82) is 0 Å². The van der Waals surface area contributed by atoms with Gasteiger partial charge in [0.1, 0.15) is 0 Å². The smallest absolute Gasteiger partial charge is 0.252 e. The lowest BCUT2D eigenvalue weighted by Crippen LogP contribution is -2.19. The third-order valence-corrected chi connectivity index (χ3v) is 4.56. The number of aryl methyl sites for hydroxylation is 1. The Morgan fingerprint density at radius 2 is 1.79 bits per heavy atom. The second-order valence-corrected chi connectivity index (χ2v) is 6.23. The third-order valence-electron chi connectivity index (χ3n) is 3.37. The molecule has 7 heteroatoms. The molecule has 0 saturated heterocycles. The Kier molecular flexibility index (Phi) is 6.49. The molecule has 0 aliphatic heterocycles. The van der Waals surface area contributed by atoms with Crippen LogP contribution in [0.15, 0.2) is 36.4 Å². The number of hydrogen-bond donors (Lipinski definition) is 2. The van der Waals surface area contributed by atoms with Crippen LogP contribution in [-0.4, -0.2) is 18.9 Å². The highest BCUT2D eigenvalue weighted by Gasteiger charge is 2.12. The molecule has 2 aromatic carbocycles. The maximum Gasteiger partial charge on any atom is 0.252 e. The van der Waals surface area contributed by atoms with Gasteiger partial charge in [-0.15, -0.1) is 0 Å². The van der Waals surface area contributed by atoms with E-state index in [2.05, 4.69) is 10.6 Å². The Morgan fingerprint density at radius 1 is 1.04 bits per heavy atom. The predicted octanol–water partition coefficient (Wildman–Crippen LogP) is 4.58. The van der Waals surface area contributed by atoms with E-state index in [4.69, 9.17) is 34.8 Å². The fourth-order valence-electron chi connectivity index (χ4n) is 2.12. The molecule has 2 N–H and O–H groups in total. The molecule has 2 rings (SSSR count). The summed E-state index contributed by atoms with van der Waals surface area (Å²) in [5, 5.41) is 6.47. The van der Waals surface area contributed by atoms with E-state index in [9.17, 15) is 9.59 Å². The highest BCUT2D eigenvalue weighted by atomic mass is 35.5. The van der Waals surface area contributed by atoms with Gasteiger partial charge in [0.25, 0.3) is 5.91 Å². The molecule has 24 heavy (non-hydrogen) atoms. The van der Waals surface area contributed by atoms with Crippen molar-refractivity contribution in [2.75, 3.05) is 12.4 Å². The second-order valence-electron chi connectivity index (χ2n) is 5.03. The van der Waals surface area contributed by atoms with E-state index in [1.807, 2.05) is 6.07 Å². The van der Waals surface area contributed by atoms with Crippen molar-refractivity contribution in [3.05, 3.63) is 62.6 Å². The van der Waals surface area contributed by atoms with Crippen molar-refractivity contribution >= 4 is 52.3 Å². The normalized spacial score (nSPS) is 10.3. The number of rotatable bonds is 5. The fraction of sp³-hybridized carbons (Fsp3) is 0.176. The zero-order valence-electron chi connectivity index (χ0n) is 12.8. The Hall–Kier alpha value is -1.75. The van der Waals surface area contributed by atoms with Gasteiger partial charge in [-0.25, -0.2) is 0 Å². The Balaban J connectivity index is 2.02. The number of hydrogen-bond acceptors (Lipinski definition) is 2. The van der Waals surface area contributed by atoms with E-state index >= 15 is 0 Å². The minimum Gasteiger partial charge on any atom is -0.355 e. The van der Waals surface area contributed by atoms with Gasteiger partial charge in [-0.2, -0.15) is 0 Å². The van der Waals surface area contributed by atoms with Gasteiger partial charge in [0.2, 0.25) is 5.91 Å². The van der Waals surface area contributed by atoms with Crippen molar-refractivity contribution in [3.8, 4) is 0 Å². The van der Waals surface area contributed by atoms with E-state index < -0.39 is 0 Å². The molecule has 0 aliphatic carbocycles. The molecule has 0 radical (unpaired) electrons. The van der Waals surface area contributed by atoms with Gasteiger partial charge >= 0.3 is 0 Å². The van der Waals surface area contributed by atoms with Crippen LogP contribution < -0.4 is 10.6 Å². The van der Waals surface area contributed by atoms with Crippen molar-refractivity contribution in [3.63, 3.8) is 0 Å². The number of benzene rings is 2. The third kappa shape index (κ3) is 4.63. The van der Waals surface area contributed by atoms with Gasteiger partial charge in [-0.1, -0.05) is 46.9 Å². The van der Waals surface area contributed by atoms with Gasteiger partial charge in [0, 0.05) is 19.2 Å². The maximum atomic E-state index is 12.1. The van der Waals surface area contributed by atoms with E-state index in [1.165, 1.54) is 13.1 Å². The first-order valence-corrected chi connectivity index (χ1v) is 8.30. The Bertz CT molecular complexity index is 778. The summed E-state index contributed by atoms with van der Waals surface area (Å²) in [5.41, 5.74) is 1.61. The first kappa shape index (κ1) is 18.6. The van der Waals surface area contributed by atoms with E-state index in [0.29, 0.717) is 32.7 Å². The van der Waals surface area contributed by atoms with Crippen LogP contribution in [0.4, 0.5) is 5.69 Å². The lowest BCUT2D eigenvalue weighted by molar-refractivity contribution is -0.116. The first-order valence-electron chi connectivity index (χ1n) is 7.16. The number of amides is 2. The van der Waals surface area contributed by atoms with Crippen LogP contribution in [0.1, 0.15) is 22.3 Å². The second kappa shape index (κ2) is 8.38. The van der Waals surface area contributed by atoms with Crippen LogP contribution in [-0.2, 0) is 11.2 Å². The fourth-order valence-corrected chi connectivity index (χ4v) is 2.74. The van der Waals surface area contributed by atoms with E-state index in [-0.39, 0.29) is 18.2 Å². The monoisotopic (exact) mass is 384 g/mol. The molecular weight excluding hydrogens is 371 g/mol. The topological polar surface area (TPSA) is 58.2 Å². The van der Waals surface area contributed by atoms with Crippen molar-refractivity contribution in [2.24, 2.45) is 0 Å². The van der Waals surface area contributed by atoms with E-state index in [1.54, 1.807) is 24.3 Å². The molecule has 0 unspecified atom stereocenters. The van der Waals surface area contributed by atoms with Gasteiger partial charge in [-0.05, 0) is 36.2 Å². The van der Waals surface area contributed by atoms with Gasteiger partial charge < -0.3 is 10.6 Å². The summed E-state index contributed by atoms with van der Waals surface area (Å²) in [7, 11) is 1.51. The first-order chi connectivity index (χ1) is 11.4. The van der Waals surface area contributed by atoms with Crippen LogP contribution in [0.2, 0.25) is 15.1 Å².